The van der Waals surface area contributed by atoms with Gasteiger partial charge in [-0.2, -0.15) is 0 Å². The smallest absolute Gasteiger partial charge is 0.0831 e. The van der Waals surface area contributed by atoms with Crippen molar-refractivity contribution in [1.82, 2.24) is 5.32 Å². The summed E-state index contributed by atoms with van der Waals surface area (Å²) in [7, 11) is 3.86. The summed E-state index contributed by atoms with van der Waals surface area (Å²) in [5.41, 5.74) is 0.452. The molecule has 1 N–H and O–H groups in total. The quantitative estimate of drug-likeness (QED) is 0.742. The van der Waals surface area contributed by atoms with E-state index < -0.39 is 0 Å². The predicted octanol–water partition coefficient (Wildman–Crippen LogP) is 2.97. The van der Waals surface area contributed by atoms with Gasteiger partial charge in [0.05, 0.1) is 5.60 Å². The maximum atomic E-state index is 5.89. The number of methoxy groups -OCH3 is 1. The maximum absolute atomic E-state index is 5.89. The molecule has 1 aliphatic rings. The van der Waals surface area contributed by atoms with E-state index in [-0.39, 0.29) is 5.60 Å². The molecule has 0 radical (unpaired) electrons. The molecule has 0 aromatic rings. The van der Waals surface area contributed by atoms with Crippen LogP contribution in [0.5, 0.6) is 0 Å². The Kier molecular flexibility index (Phi) is 5.04. The highest BCUT2D eigenvalue weighted by Crippen LogP contribution is 2.44. The Morgan fingerprint density at radius 1 is 1.29 bits per heavy atom. The second-order valence-electron chi connectivity index (χ2n) is 6.02. The van der Waals surface area contributed by atoms with Crippen LogP contribution in [0.4, 0.5) is 0 Å². The van der Waals surface area contributed by atoms with E-state index in [2.05, 4.69) is 25.1 Å². The normalized spacial score (nSPS) is 23.9. The molecule has 0 aliphatic heterocycles. The molecule has 1 unspecified atom stereocenters. The number of likely N-dealkylation sites (N-methyl/N-ethyl adjacent to an activating group) is 1. The van der Waals surface area contributed by atoms with Crippen LogP contribution in [-0.4, -0.2) is 25.8 Å². The van der Waals surface area contributed by atoms with Gasteiger partial charge in [-0.05, 0) is 44.6 Å². The van der Waals surface area contributed by atoms with Gasteiger partial charge in [0.25, 0.3) is 0 Å². The van der Waals surface area contributed by atoms with Crippen LogP contribution in [0.25, 0.3) is 0 Å². The van der Waals surface area contributed by atoms with Gasteiger partial charge in [0, 0.05) is 19.6 Å². The highest BCUT2D eigenvalue weighted by molar-refractivity contribution is 5.00. The number of hydrogen-bond acceptors (Lipinski definition) is 2. The van der Waals surface area contributed by atoms with Gasteiger partial charge >= 0.3 is 0 Å². The third-order valence-electron chi connectivity index (χ3n) is 4.42. The molecule has 0 aromatic heterocycles. The highest BCUT2D eigenvalue weighted by atomic mass is 16.5. The summed E-state index contributed by atoms with van der Waals surface area (Å²) in [6, 6.07) is 0.375. The summed E-state index contributed by atoms with van der Waals surface area (Å²) < 4.78 is 5.89. The average molecular weight is 237 g/mol. The van der Waals surface area contributed by atoms with Gasteiger partial charge in [0.15, 0.2) is 0 Å². The van der Waals surface area contributed by atoms with Crippen LogP contribution in [0.2, 0.25) is 0 Å². The molecule has 0 spiro atoms. The van der Waals surface area contributed by atoms with Gasteiger partial charge in [-0.3, -0.25) is 0 Å². The van der Waals surface area contributed by atoms with Crippen LogP contribution in [-0.2, 0) is 4.74 Å². The average Bonchev–Trinajstić information content (AvgIpc) is 2.32. The Morgan fingerprint density at radius 2 is 1.88 bits per heavy atom. The molecule has 2 heteroatoms. The topological polar surface area (TPSA) is 21.3 Å². The van der Waals surface area contributed by atoms with Crippen LogP contribution >= 0.6 is 0 Å². The lowest BCUT2D eigenvalue weighted by molar-refractivity contribution is -0.0861. The number of rotatable bonds is 5. The molecule has 1 fully saturated rings. The van der Waals surface area contributed by atoms with Crippen LogP contribution < -0.4 is 5.32 Å². The highest BCUT2D eigenvalue weighted by Gasteiger charge is 2.43. The summed E-state index contributed by atoms with van der Waals surface area (Å²) >= 11 is 0. The fraction of sp³-hybridized carbons (Fsp3) is 0.867. The Balaban J connectivity index is 2.71. The first-order chi connectivity index (χ1) is 7.99. The zero-order valence-corrected chi connectivity index (χ0v) is 11.8. The van der Waals surface area contributed by atoms with Crippen molar-refractivity contribution in [2.75, 3.05) is 14.2 Å². The molecule has 2 nitrogen and oxygen atoms in total. The molecule has 0 amide bonds. The number of ether oxygens (including phenoxy) is 1. The summed E-state index contributed by atoms with van der Waals surface area (Å²) in [5, 5.41) is 3.41. The minimum atomic E-state index is -0.0128. The molecule has 0 aromatic carbocycles. The van der Waals surface area contributed by atoms with E-state index in [1.54, 1.807) is 0 Å². The molecule has 0 saturated heterocycles. The second-order valence-corrected chi connectivity index (χ2v) is 6.02. The number of hydrogen-bond donors (Lipinski definition) is 1. The van der Waals surface area contributed by atoms with E-state index in [9.17, 15) is 0 Å². The van der Waals surface area contributed by atoms with E-state index in [1.165, 1.54) is 12.8 Å². The van der Waals surface area contributed by atoms with E-state index in [4.69, 9.17) is 11.2 Å². The fourth-order valence-corrected chi connectivity index (χ4v) is 2.94. The van der Waals surface area contributed by atoms with Crippen molar-refractivity contribution in [3.63, 3.8) is 0 Å². The predicted molar refractivity (Wildman–Crippen MR) is 72.9 cm³/mol. The van der Waals surface area contributed by atoms with Crippen molar-refractivity contribution in [2.45, 2.75) is 64.0 Å². The molecule has 1 atom stereocenters. The number of nitrogens with one attached hydrogen (secondary N) is 1. The molecule has 0 heterocycles. The first-order valence-electron chi connectivity index (χ1n) is 6.65. The molecule has 17 heavy (non-hydrogen) atoms. The Morgan fingerprint density at radius 3 is 2.29 bits per heavy atom. The zero-order chi connectivity index (χ0) is 12.9. The van der Waals surface area contributed by atoms with Gasteiger partial charge in [-0.25, -0.2) is 0 Å². The third-order valence-corrected chi connectivity index (χ3v) is 4.42. The summed E-state index contributed by atoms with van der Waals surface area (Å²) in [6.45, 7) is 4.70. The molecule has 98 valence electrons. The minimum Gasteiger partial charge on any atom is -0.377 e. The Hall–Kier alpha value is -0.520. The van der Waals surface area contributed by atoms with Gasteiger partial charge in [0.1, 0.15) is 0 Å². The molecule has 0 bridgehead atoms. The lowest BCUT2D eigenvalue weighted by Crippen LogP contribution is -2.53. The van der Waals surface area contributed by atoms with Crippen molar-refractivity contribution in [1.29, 1.82) is 0 Å². The molecule has 1 aliphatic carbocycles. The standard InChI is InChI=1S/C15H27NO/c1-6-7-8-13(16-4)15(17-5)11-9-14(2,3)10-12-15/h1,13,16H,7-12H2,2-5H3. The van der Waals surface area contributed by atoms with Gasteiger partial charge in [-0.1, -0.05) is 13.8 Å². The fourth-order valence-electron chi connectivity index (χ4n) is 2.94. The van der Waals surface area contributed by atoms with Crippen molar-refractivity contribution < 1.29 is 4.74 Å². The Labute approximate surface area is 107 Å². The zero-order valence-electron chi connectivity index (χ0n) is 11.8. The van der Waals surface area contributed by atoms with Crippen molar-refractivity contribution in [2.24, 2.45) is 5.41 Å². The molecular weight excluding hydrogens is 210 g/mol. The van der Waals surface area contributed by atoms with Crippen LogP contribution in [0.1, 0.15) is 52.4 Å². The lowest BCUT2D eigenvalue weighted by atomic mass is 9.68. The van der Waals surface area contributed by atoms with E-state index >= 15 is 0 Å². The number of terminal acetylenes is 1. The van der Waals surface area contributed by atoms with E-state index in [0.717, 1.165) is 25.7 Å². The van der Waals surface area contributed by atoms with Gasteiger partial charge < -0.3 is 10.1 Å². The SMILES string of the molecule is C#CCCC(NC)C1(OC)CCC(C)(C)CC1. The molecular formula is C15H27NO. The van der Waals surface area contributed by atoms with Crippen LogP contribution in [0.3, 0.4) is 0 Å². The van der Waals surface area contributed by atoms with Crippen molar-refractivity contribution in [3.8, 4) is 12.3 Å². The van der Waals surface area contributed by atoms with Gasteiger partial charge in [0.2, 0.25) is 0 Å². The Bertz CT molecular complexity index is 267. The van der Waals surface area contributed by atoms with Crippen LogP contribution in [0.15, 0.2) is 0 Å². The van der Waals surface area contributed by atoms with Crippen LogP contribution in [0, 0.1) is 17.8 Å². The summed E-state index contributed by atoms with van der Waals surface area (Å²) in [6.07, 6.45) is 11.9. The summed E-state index contributed by atoms with van der Waals surface area (Å²) in [4.78, 5) is 0. The van der Waals surface area contributed by atoms with Crippen molar-refractivity contribution in [3.05, 3.63) is 0 Å². The second kappa shape index (κ2) is 5.89. The molecule has 1 saturated carbocycles. The summed E-state index contributed by atoms with van der Waals surface area (Å²) in [5.74, 6) is 2.73. The van der Waals surface area contributed by atoms with Crippen molar-refractivity contribution >= 4 is 0 Å². The molecule has 1 rings (SSSR count). The minimum absolute atomic E-state index is 0.0128. The largest absolute Gasteiger partial charge is 0.377 e. The first-order valence-corrected chi connectivity index (χ1v) is 6.65. The van der Waals surface area contributed by atoms with Gasteiger partial charge in [-0.15, -0.1) is 12.3 Å². The maximum Gasteiger partial charge on any atom is 0.0831 e. The van der Waals surface area contributed by atoms with E-state index in [1.807, 2.05) is 14.2 Å². The first kappa shape index (κ1) is 14.5. The third kappa shape index (κ3) is 3.47. The monoisotopic (exact) mass is 237 g/mol. The van der Waals surface area contributed by atoms with E-state index in [0.29, 0.717) is 11.5 Å². The lowest BCUT2D eigenvalue weighted by Gasteiger charge is -2.47.